The number of hydrazine groups is 1. The average molecular weight is 280 g/mol. The summed E-state index contributed by atoms with van der Waals surface area (Å²) in [5.74, 6) is 5.24. The molecule has 5 heteroatoms. The Hall–Kier alpha value is -2.84. The maximum atomic E-state index is 12.5. The number of aryl methyl sites for hydroxylation is 1. The summed E-state index contributed by atoms with van der Waals surface area (Å²) < 4.78 is 0. The lowest BCUT2D eigenvalue weighted by molar-refractivity contribution is 0.0992. The van der Waals surface area contributed by atoms with Gasteiger partial charge in [-0.15, -0.1) is 0 Å². The molecule has 0 aliphatic rings. The van der Waals surface area contributed by atoms with Crippen LogP contribution in [0.2, 0.25) is 0 Å². The van der Waals surface area contributed by atoms with Crippen LogP contribution in [0.15, 0.2) is 42.5 Å². The molecule has 2 aromatic carbocycles. The molecule has 106 valence electrons. The van der Waals surface area contributed by atoms with E-state index in [0.29, 0.717) is 11.1 Å². The Morgan fingerprint density at radius 3 is 2.43 bits per heavy atom. The van der Waals surface area contributed by atoms with Gasteiger partial charge in [-0.25, -0.2) is 0 Å². The number of nitrogens with zero attached hydrogens (tertiary/aromatic N) is 2. The minimum absolute atomic E-state index is 0.110. The van der Waals surface area contributed by atoms with Crippen molar-refractivity contribution in [3.05, 3.63) is 59.2 Å². The summed E-state index contributed by atoms with van der Waals surface area (Å²) in [7, 11) is 1.71. The lowest BCUT2D eigenvalue weighted by Gasteiger charge is -2.19. The van der Waals surface area contributed by atoms with Gasteiger partial charge < -0.3 is 10.3 Å². The van der Waals surface area contributed by atoms with E-state index < -0.39 is 0 Å². The van der Waals surface area contributed by atoms with Gasteiger partial charge in [-0.2, -0.15) is 5.26 Å². The summed E-state index contributed by atoms with van der Waals surface area (Å²) >= 11 is 0. The monoisotopic (exact) mass is 280 g/mol. The minimum atomic E-state index is -0.110. The standard InChI is InChI=1S/C16H16N4O/c1-11-9-13(19-18)5-8-15(11)16(21)20(2)14-6-3-12(10-17)4-7-14/h3-9,19H,18H2,1-2H3. The smallest absolute Gasteiger partial charge is 0.258 e. The van der Waals surface area contributed by atoms with Crippen LogP contribution >= 0.6 is 0 Å². The lowest BCUT2D eigenvalue weighted by Crippen LogP contribution is -2.27. The van der Waals surface area contributed by atoms with Crippen LogP contribution in [0, 0.1) is 18.3 Å². The first-order valence-electron chi connectivity index (χ1n) is 6.42. The van der Waals surface area contributed by atoms with Crippen LogP contribution in [0.1, 0.15) is 21.5 Å². The Bertz CT molecular complexity index is 701. The second-order valence-corrected chi connectivity index (χ2v) is 4.70. The molecular weight excluding hydrogens is 264 g/mol. The number of hydrogen-bond acceptors (Lipinski definition) is 4. The number of rotatable bonds is 3. The molecule has 5 nitrogen and oxygen atoms in total. The fourth-order valence-corrected chi connectivity index (χ4v) is 2.05. The van der Waals surface area contributed by atoms with Gasteiger partial charge in [-0.1, -0.05) is 0 Å². The van der Waals surface area contributed by atoms with Crippen molar-refractivity contribution >= 4 is 17.3 Å². The lowest BCUT2D eigenvalue weighted by atomic mass is 10.1. The number of carbonyl (C=O) groups is 1. The van der Waals surface area contributed by atoms with Gasteiger partial charge >= 0.3 is 0 Å². The molecule has 0 spiro atoms. The van der Waals surface area contributed by atoms with Crippen LogP contribution in [0.4, 0.5) is 11.4 Å². The number of nitrogens with two attached hydrogens (primary N) is 1. The quantitative estimate of drug-likeness (QED) is 0.668. The maximum Gasteiger partial charge on any atom is 0.258 e. The van der Waals surface area contributed by atoms with E-state index in [1.54, 1.807) is 48.3 Å². The molecule has 0 atom stereocenters. The van der Waals surface area contributed by atoms with Gasteiger partial charge in [0.2, 0.25) is 0 Å². The van der Waals surface area contributed by atoms with E-state index in [2.05, 4.69) is 11.5 Å². The number of amides is 1. The molecule has 1 amide bonds. The third-order valence-electron chi connectivity index (χ3n) is 3.31. The van der Waals surface area contributed by atoms with E-state index >= 15 is 0 Å². The van der Waals surface area contributed by atoms with Crippen molar-refractivity contribution in [2.24, 2.45) is 5.84 Å². The Balaban J connectivity index is 2.28. The summed E-state index contributed by atoms with van der Waals surface area (Å²) in [6.45, 7) is 1.86. The predicted molar refractivity (Wildman–Crippen MR) is 82.9 cm³/mol. The van der Waals surface area contributed by atoms with Gasteiger partial charge in [0.1, 0.15) is 0 Å². The van der Waals surface area contributed by atoms with Crippen molar-refractivity contribution in [2.45, 2.75) is 6.92 Å². The SMILES string of the molecule is Cc1cc(NN)ccc1C(=O)N(C)c1ccc(C#N)cc1. The van der Waals surface area contributed by atoms with Gasteiger partial charge in [0.25, 0.3) is 5.91 Å². The second kappa shape index (κ2) is 6.07. The molecule has 0 saturated heterocycles. The molecule has 0 bridgehead atoms. The molecular formula is C16H16N4O. The van der Waals surface area contributed by atoms with Crippen LogP contribution in [0.5, 0.6) is 0 Å². The predicted octanol–water partition coefficient (Wildman–Crippen LogP) is 2.43. The first-order chi connectivity index (χ1) is 10.1. The number of benzene rings is 2. The van der Waals surface area contributed by atoms with E-state index in [1.165, 1.54) is 0 Å². The van der Waals surface area contributed by atoms with E-state index in [0.717, 1.165) is 16.9 Å². The highest BCUT2D eigenvalue weighted by Crippen LogP contribution is 2.20. The van der Waals surface area contributed by atoms with Gasteiger partial charge in [0.15, 0.2) is 0 Å². The molecule has 0 saturated carbocycles. The fourth-order valence-electron chi connectivity index (χ4n) is 2.05. The fraction of sp³-hybridized carbons (Fsp3) is 0.125. The van der Waals surface area contributed by atoms with E-state index in [9.17, 15) is 4.79 Å². The molecule has 0 heterocycles. The Morgan fingerprint density at radius 2 is 1.90 bits per heavy atom. The summed E-state index contributed by atoms with van der Waals surface area (Å²) in [5, 5.41) is 8.79. The highest BCUT2D eigenvalue weighted by atomic mass is 16.2. The van der Waals surface area contributed by atoms with Crippen molar-refractivity contribution in [2.75, 3.05) is 17.4 Å². The van der Waals surface area contributed by atoms with Crippen molar-refractivity contribution in [3.63, 3.8) is 0 Å². The summed E-state index contributed by atoms with van der Waals surface area (Å²) in [5.41, 5.74) is 6.06. The molecule has 0 radical (unpaired) electrons. The van der Waals surface area contributed by atoms with E-state index in [1.807, 2.05) is 13.0 Å². The largest absolute Gasteiger partial charge is 0.324 e. The van der Waals surface area contributed by atoms with Gasteiger partial charge in [0, 0.05) is 24.0 Å². The molecule has 2 aromatic rings. The number of nitrogen functional groups attached to an aromatic ring is 1. The first kappa shape index (κ1) is 14.6. The number of nitrogens with one attached hydrogen (secondary N) is 1. The van der Waals surface area contributed by atoms with E-state index in [-0.39, 0.29) is 5.91 Å². The average Bonchev–Trinajstić information content (AvgIpc) is 2.53. The van der Waals surface area contributed by atoms with Crippen molar-refractivity contribution in [3.8, 4) is 6.07 Å². The number of carbonyl (C=O) groups excluding carboxylic acids is 1. The van der Waals surface area contributed by atoms with Gasteiger partial charge in [-0.05, 0) is 55.0 Å². The van der Waals surface area contributed by atoms with Gasteiger partial charge in [0.05, 0.1) is 11.6 Å². The number of anilines is 2. The molecule has 0 fully saturated rings. The zero-order valence-corrected chi connectivity index (χ0v) is 11.9. The topological polar surface area (TPSA) is 82.2 Å². The molecule has 0 aliphatic heterocycles. The molecule has 3 N–H and O–H groups in total. The Morgan fingerprint density at radius 1 is 1.24 bits per heavy atom. The van der Waals surface area contributed by atoms with Crippen LogP contribution in [0.25, 0.3) is 0 Å². The molecule has 0 aliphatic carbocycles. The summed E-state index contributed by atoms with van der Waals surface area (Å²) in [6, 6.07) is 14.3. The molecule has 0 unspecified atom stereocenters. The third kappa shape index (κ3) is 3.02. The van der Waals surface area contributed by atoms with Gasteiger partial charge in [-0.3, -0.25) is 10.6 Å². The number of hydrogen-bond donors (Lipinski definition) is 2. The Kier molecular flexibility index (Phi) is 4.21. The third-order valence-corrected chi connectivity index (χ3v) is 3.31. The highest BCUT2D eigenvalue weighted by molar-refractivity contribution is 6.06. The Labute approximate surface area is 123 Å². The zero-order chi connectivity index (χ0) is 15.4. The molecule has 0 aromatic heterocycles. The minimum Gasteiger partial charge on any atom is -0.324 e. The number of nitriles is 1. The van der Waals surface area contributed by atoms with Crippen molar-refractivity contribution in [1.29, 1.82) is 5.26 Å². The van der Waals surface area contributed by atoms with Crippen LogP contribution in [-0.4, -0.2) is 13.0 Å². The first-order valence-corrected chi connectivity index (χ1v) is 6.42. The molecule has 2 rings (SSSR count). The van der Waals surface area contributed by atoms with Crippen LogP contribution < -0.4 is 16.2 Å². The van der Waals surface area contributed by atoms with Crippen LogP contribution in [0.3, 0.4) is 0 Å². The van der Waals surface area contributed by atoms with Crippen molar-refractivity contribution in [1.82, 2.24) is 0 Å². The second-order valence-electron chi connectivity index (χ2n) is 4.70. The van der Waals surface area contributed by atoms with E-state index in [4.69, 9.17) is 11.1 Å². The van der Waals surface area contributed by atoms with Crippen LogP contribution in [-0.2, 0) is 0 Å². The maximum absolute atomic E-state index is 12.5. The van der Waals surface area contributed by atoms with Crippen molar-refractivity contribution < 1.29 is 4.79 Å². The summed E-state index contributed by atoms with van der Waals surface area (Å²) in [6.07, 6.45) is 0. The normalized spacial score (nSPS) is 9.81. The highest BCUT2D eigenvalue weighted by Gasteiger charge is 2.15. The zero-order valence-electron chi connectivity index (χ0n) is 11.9. The summed E-state index contributed by atoms with van der Waals surface area (Å²) in [4.78, 5) is 14.1. The molecule has 21 heavy (non-hydrogen) atoms.